The lowest BCUT2D eigenvalue weighted by Gasteiger charge is -2.31. The van der Waals surface area contributed by atoms with Gasteiger partial charge in [-0.05, 0) is 39.7 Å². The molecule has 0 bridgehead atoms. The molecule has 0 radical (unpaired) electrons. The summed E-state index contributed by atoms with van der Waals surface area (Å²) in [4.78, 5) is 18.2. The van der Waals surface area contributed by atoms with E-state index in [1.807, 2.05) is 37.2 Å². The fourth-order valence-corrected chi connectivity index (χ4v) is 2.64. The van der Waals surface area contributed by atoms with Crippen LogP contribution in [0.2, 0.25) is 0 Å². The van der Waals surface area contributed by atoms with E-state index in [9.17, 15) is 4.79 Å². The van der Waals surface area contributed by atoms with Gasteiger partial charge in [0.05, 0.1) is 0 Å². The van der Waals surface area contributed by atoms with Gasteiger partial charge in [0, 0.05) is 30.2 Å². The maximum atomic E-state index is 12.0. The van der Waals surface area contributed by atoms with Gasteiger partial charge in [-0.15, -0.1) is 11.3 Å². The van der Waals surface area contributed by atoms with Crippen LogP contribution in [-0.4, -0.2) is 34.5 Å². The maximum absolute atomic E-state index is 12.0. The second kappa shape index (κ2) is 5.74. The third kappa shape index (κ3) is 4.35. The molecule has 2 amide bonds. The van der Waals surface area contributed by atoms with Crippen LogP contribution in [0.5, 0.6) is 0 Å². The van der Waals surface area contributed by atoms with E-state index in [1.165, 1.54) is 5.57 Å². The Kier molecular flexibility index (Phi) is 4.24. The summed E-state index contributed by atoms with van der Waals surface area (Å²) in [5.74, 6) is 0. The van der Waals surface area contributed by atoms with Crippen molar-refractivity contribution in [2.24, 2.45) is 0 Å². The molecule has 2 heterocycles. The van der Waals surface area contributed by atoms with E-state index in [2.05, 4.69) is 16.4 Å². The van der Waals surface area contributed by atoms with Gasteiger partial charge >= 0.3 is 6.03 Å². The number of rotatable bonds is 1. The average Bonchev–Trinajstić information content (AvgIpc) is 2.80. The number of carbonyl (C=O) groups is 1. The minimum absolute atomic E-state index is 0.0424. The van der Waals surface area contributed by atoms with Crippen molar-refractivity contribution >= 4 is 23.4 Å². The lowest BCUT2D eigenvalue weighted by atomic mass is 10.0. The molecule has 104 valence electrons. The van der Waals surface area contributed by atoms with Crippen LogP contribution in [0.4, 0.5) is 4.79 Å². The van der Waals surface area contributed by atoms with Gasteiger partial charge in [-0.3, -0.25) is 0 Å². The summed E-state index contributed by atoms with van der Waals surface area (Å²) in [7, 11) is 0. The van der Waals surface area contributed by atoms with Crippen LogP contribution < -0.4 is 5.32 Å². The van der Waals surface area contributed by atoms with Gasteiger partial charge in [0.1, 0.15) is 5.01 Å². The van der Waals surface area contributed by atoms with Gasteiger partial charge in [-0.1, -0.05) is 5.57 Å². The molecule has 1 aliphatic rings. The van der Waals surface area contributed by atoms with Crippen molar-refractivity contribution in [3.8, 4) is 0 Å². The molecule has 19 heavy (non-hydrogen) atoms. The largest absolute Gasteiger partial charge is 0.333 e. The number of piperidine rings is 1. The van der Waals surface area contributed by atoms with E-state index >= 15 is 0 Å². The molecule has 1 fully saturated rings. The van der Waals surface area contributed by atoms with Gasteiger partial charge in [0.25, 0.3) is 0 Å². The first-order valence-electron chi connectivity index (χ1n) is 6.60. The van der Waals surface area contributed by atoms with E-state index in [1.54, 1.807) is 11.3 Å². The van der Waals surface area contributed by atoms with E-state index < -0.39 is 0 Å². The summed E-state index contributed by atoms with van der Waals surface area (Å²) in [5.41, 5.74) is 1.21. The number of thiazole rings is 1. The Morgan fingerprint density at radius 1 is 1.42 bits per heavy atom. The molecule has 1 saturated heterocycles. The molecule has 0 atom stereocenters. The fraction of sp³-hybridized carbons (Fsp3) is 0.571. The molecule has 1 aromatic heterocycles. The number of urea groups is 1. The van der Waals surface area contributed by atoms with Crippen LogP contribution in [0.1, 0.15) is 38.6 Å². The topological polar surface area (TPSA) is 45.2 Å². The van der Waals surface area contributed by atoms with Gasteiger partial charge in [0.15, 0.2) is 0 Å². The highest BCUT2D eigenvalue weighted by Crippen LogP contribution is 2.20. The zero-order valence-electron chi connectivity index (χ0n) is 11.8. The Morgan fingerprint density at radius 3 is 2.63 bits per heavy atom. The van der Waals surface area contributed by atoms with Gasteiger partial charge in [-0.25, -0.2) is 9.78 Å². The molecule has 0 aromatic carbocycles. The quantitative estimate of drug-likeness (QED) is 0.858. The number of hydrogen-bond donors (Lipinski definition) is 1. The zero-order chi connectivity index (χ0) is 13.9. The lowest BCUT2D eigenvalue weighted by molar-refractivity contribution is 0.185. The van der Waals surface area contributed by atoms with Crippen molar-refractivity contribution in [3.05, 3.63) is 22.2 Å². The first-order chi connectivity index (χ1) is 8.94. The van der Waals surface area contributed by atoms with E-state index in [0.29, 0.717) is 0 Å². The second-order valence-corrected chi connectivity index (χ2v) is 6.77. The van der Waals surface area contributed by atoms with Gasteiger partial charge < -0.3 is 10.2 Å². The lowest BCUT2D eigenvalue weighted by Crippen LogP contribution is -2.50. The van der Waals surface area contributed by atoms with Crippen molar-refractivity contribution in [3.63, 3.8) is 0 Å². The van der Waals surface area contributed by atoms with E-state index in [0.717, 1.165) is 30.9 Å². The molecule has 4 nitrogen and oxygen atoms in total. The fourth-order valence-electron chi connectivity index (χ4n) is 2.02. The summed E-state index contributed by atoms with van der Waals surface area (Å²) in [5, 5.41) is 6.05. The first-order valence-corrected chi connectivity index (χ1v) is 7.48. The van der Waals surface area contributed by atoms with Crippen molar-refractivity contribution in [2.75, 3.05) is 13.1 Å². The van der Waals surface area contributed by atoms with Crippen LogP contribution in [0.3, 0.4) is 0 Å². The Bertz CT molecular complexity index is 450. The predicted octanol–water partition coefficient (Wildman–Crippen LogP) is 3.13. The number of aromatic nitrogens is 1. The molecular formula is C14H21N3OS. The Balaban J connectivity index is 1.87. The van der Waals surface area contributed by atoms with Gasteiger partial charge in [0.2, 0.25) is 0 Å². The van der Waals surface area contributed by atoms with Crippen molar-refractivity contribution in [2.45, 2.75) is 39.2 Å². The number of nitrogens with one attached hydrogen (secondary N) is 1. The third-order valence-electron chi connectivity index (χ3n) is 2.95. The number of nitrogens with zero attached hydrogens (tertiary/aromatic N) is 2. The molecule has 0 aliphatic carbocycles. The first kappa shape index (κ1) is 14.1. The van der Waals surface area contributed by atoms with Crippen LogP contribution in [0.25, 0.3) is 6.08 Å². The van der Waals surface area contributed by atoms with E-state index in [-0.39, 0.29) is 11.6 Å². The maximum Gasteiger partial charge on any atom is 0.317 e. The summed E-state index contributed by atoms with van der Waals surface area (Å²) < 4.78 is 0. The minimum atomic E-state index is -0.173. The Hall–Kier alpha value is -1.36. The molecule has 2 rings (SSSR count). The summed E-state index contributed by atoms with van der Waals surface area (Å²) >= 11 is 1.65. The monoisotopic (exact) mass is 279 g/mol. The molecule has 1 aromatic rings. The van der Waals surface area contributed by atoms with Crippen LogP contribution in [-0.2, 0) is 0 Å². The van der Waals surface area contributed by atoms with Crippen LogP contribution in [0, 0.1) is 0 Å². The molecule has 0 spiro atoms. The summed E-state index contributed by atoms with van der Waals surface area (Å²) in [6.07, 6.45) is 5.86. The van der Waals surface area contributed by atoms with Crippen molar-refractivity contribution < 1.29 is 4.79 Å². The molecular weight excluding hydrogens is 258 g/mol. The van der Waals surface area contributed by atoms with Crippen molar-refractivity contribution in [1.82, 2.24) is 15.2 Å². The number of hydrogen-bond acceptors (Lipinski definition) is 3. The number of carbonyl (C=O) groups excluding carboxylic acids is 1. The Morgan fingerprint density at radius 2 is 2.11 bits per heavy atom. The molecule has 1 aliphatic heterocycles. The van der Waals surface area contributed by atoms with E-state index in [4.69, 9.17) is 0 Å². The molecule has 0 unspecified atom stereocenters. The van der Waals surface area contributed by atoms with Crippen LogP contribution >= 0.6 is 11.3 Å². The highest BCUT2D eigenvalue weighted by molar-refractivity contribution is 7.10. The summed E-state index contributed by atoms with van der Waals surface area (Å²) in [6, 6.07) is 0.0424. The standard InChI is InChI=1S/C14H21N3OS/c1-14(2,3)16-13(18)17-7-4-11(5-8-17)10-12-15-6-9-19-12/h6,9-10H,4-5,7-8H2,1-3H3,(H,16,18). The average molecular weight is 279 g/mol. The molecule has 0 saturated carbocycles. The number of likely N-dealkylation sites (tertiary alicyclic amines) is 1. The van der Waals surface area contributed by atoms with Crippen molar-refractivity contribution in [1.29, 1.82) is 0 Å². The highest BCUT2D eigenvalue weighted by atomic mass is 32.1. The highest BCUT2D eigenvalue weighted by Gasteiger charge is 2.22. The predicted molar refractivity (Wildman–Crippen MR) is 79.2 cm³/mol. The smallest absolute Gasteiger partial charge is 0.317 e. The third-order valence-corrected chi connectivity index (χ3v) is 3.68. The second-order valence-electron chi connectivity index (χ2n) is 5.84. The molecule has 1 N–H and O–H groups in total. The summed E-state index contributed by atoms with van der Waals surface area (Å²) in [6.45, 7) is 7.59. The zero-order valence-corrected chi connectivity index (χ0v) is 12.6. The van der Waals surface area contributed by atoms with Gasteiger partial charge in [-0.2, -0.15) is 0 Å². The SMILES string of the molecule is CC(C)(C)NC(=O)N1CCC(=Cc2nccs2)CC1. The molecule has 5 heteroatoms. The number of amides is 2. The normalized spacial score (nSPS) is 16.4. The van der Waals surface area contributed by atoms with Crippen LogP contribution in [0.15, 0.2) is 17.2 Å². The minimum Gasteiger partial charge on any atom is -0.333 e. The Labute approximate surface area is 118 Å².